The Morgan fingerprint density at radius 1 is 1.06 bits per heavy atom. The van der Waals surface area contributed by atoms with Crippen molar-refractivity contribution >= 4 is 39.1 Å². The van der Waals surface area contributed by atoms with Crippen LogP contribution < -0.4 is 9.62 Å². The van der Waals surface area contributed by atoms with Gasteiger partial charge in [0.05, 0.1) is 17.0 Å². The van der Waals surface area contributed by atoms with Crippen LogP contribution in [0.2, 0.25) is 5.02 Å². The molecule has 0 unspecified atom stereocenters. The third-order valence-electron chi connectivity index (χ3n) is 5.34. The summed E-state index contributed by atoms with van der Waals surface area (Å²) in [7, 11) is -3.82. The second-order valence-corrected chi connectivity index (χ2v) is 10.2. The minimum atomic E-state index is -3.82. The topological polar surface area (TPSA) is 86.8 Å². The van der Waals surface area contributed by atoms with Gasteiger partial charge in [0, 0.05) is 13.1 Å². The number of anilines is 1. The largest absolute Gasteiger partial charge is 0.354 e. The highest BCUT2D eigenvalue weighted by molar-refractivity contribution is 7.92. The number of nitrogens with one attached hydrogen (secondary N) is 1. The van der Waals surface area contributed by atoms with Crippen LogP contribution in [0, 0.1) is 6.92 Å². The van der Waals surface area contributed by atoms with Gasteiger partial charge in [0.1, 0.15) is 12.6 Å². The zero-order valence-electron chi connectivity index (χ0n) is 19.5. The minimum Gasteiger partial charge on any atom is -0.354 e. The van der Waals surface area contributed by atoms with Crippen molar-refractivity contribution in [2.24, 2.45) is 0 Å². The van der Waals surface area contributed by atoms with Gasteiger partial charge >= 0.3 is 0 Å². The number of halogens is 1. The molecule has 0 aliphatic heterocycles. The molecule has 2 aromatic carbocycles. The lowest BCUT2D eigenvalue weighted by atomic mass is 10.1. The van der Waals surface area contributed by atoms with Gasteiger partial charge in [0.2, 0.25) is 21.8 Å². The Morgan fingerprint density at radius 2 is 1.70 bits per heavy atom. The van der Waals surface area contributed by atoms with Crippen molar-refractivity contribution in [3.8, 4) is 0 Å². The van der Waals surface area contributed by atoms with Gasteiger partial charge in [-0.2, -0.15) is 0 Å². The molecular formula is C24H32ClN3O4S. The molecule has 2 aromatic rings. The van der Waals surface area contributed by atoms with E-state index < -0.39 is 28.5 Å². The molecule has 0 bridgehead atoms. The van der Waals surface area contributed by atoms with E-state index in [9.17, 15) is 18.0 Å². The molecule has 0 aromatic heterocycles. The summed E-state index contributed by atoms with van der Waals surface area (Å²) in [6.45, 7) is 5.93. The second kappa shape index (κ2) is 12.0. The average molecular weight is 494 g/mol. The van der Waals surface area contributed by atoms with Crippen LogP contribution in [0.1, 0.15) is 37.8 Å². The van der Waals surface area contributed by atoms with Gasteiger partial charge in [-0.05, 0) is 43.0 Å². The predicted octanol–water partition coefficient (Wildman–Crippen LogP) is 3.75. The molecule has 0 heterocycles. The Hall–Kier alpha value is -2.58. The third kappa shape index (κ3) is 7.20. The first-order chi connectivity index (χ1) is 15.6. The molecule has 2 amide bonds. The molecule has 0 aliphatic carbocycles. The summed E-state index contributed by atoms with van der Waals surface area (Å²) in [5.41, 5.74) is 2.08. The van der Waals surface area contributed by atoms with Crippen LogP contribution >= 0.6 is 11.6 Å². The van der Waals surface area contributed by atoms with Crippen molar-refractivity contribution in [1.29, 1.82) is 0 Å². The first kappa shape index (κ1) is 26.7. The zero-order chi connectivity index (χ0) is 24.6. The van der Waals surface area contributed by atoms with Crippen molar-refractivity contribution in [3.63, 3.8) is 0 Å². The number of amides is 2. The van der Waals surface area contributed by atoms with E-state index >= 15 is 0 Å². The van der Waals surface area contributed by atoms with Crippen LogP contribution in [0.3, 0.4) is 0 Å². The number of carbonyl (C=O) groups is 2. The second-order valence-electron chi connectivity index (χ2n) is 7.88. The molecule has 0 aliphatic rings. The molecule has 7 nitrogen and oxygen atoms in total. The Morgan fingerprint density at radius 3 is 2.27 bits per heavy atom. The maximum Gasteiger partial charge on any atom is 0.244 e. The summed E-state index contributed by atoms with van der Waals surface area (Å²) in [5.74, 6) is -0.743. The standard InChI is InChI=1S/C24H32ClN3O4S/c1-5-15-26-24(30)21(6-2)27(16-19-12-8-7-11-18(19)3)23(29)17-28(33(4,31)32)22-14-10-9-13-20(22)25/h7-14,21H,5-6,15-17H2,1-4H3,(H,26,30)/t21-/m0/s1. The fourth-order valence-corrected chi connectivity index (χ4v) is 4.65. The molecule has 0 radical (unpaired) electrons. The van der Waals surface area contributed by atoms with Gasteiger partial charge in [-0.15, -0.1) is 0 Å². The van der Waals surface area contributed by atoms with E-state index in [2.05, 4.69) is 5.32 Å². The summed E-state index contributed by atoms with van der Waals surface area (Å²) in [6, 6.07) is 13.3. The Labute approximate surface area is 201 Å². The highest BCUT2D eigenvalue weighted by Crippen LogP contribution is 2.27. The lowest BCUT2D eigenvalue weighted by Crippen LogP contribution is -2.52. The number of nitrogens with zero attached hydrogens (tertiary/aromatic N) is 2. The fraction of sp³-hybridized carbons (Fsp3) is 0.417. The quantitative estimate of drug-likeness (QED) is 0.516. The third-order valence-corrected chi connectivity index (χ3v) is 6.78. The van der Waals surface area contributed by atoms with Crippen LogP contribution in [0.25, 0.3) is 0 Å². The number of aryl methyl sites for hydroxylation is 1. The molecule has 9 heteroatoms. The Kier molecular flexibility index (Phi) is 9.73. The van der Waals surface area contributed by atoms with E-state index in [1.807, 2.05) is 45.0 Å². The molecule has 1 N–H and O–H groups in total. The molecular weight excluding hydrogens is 462 g/mol. The van der Waals surface area contributed by atoms with Crippen LogP contribution in [0.4, 0.5) is 5.69 Å². The smallest absolute Gasteiger partial charge is 0.244 e. The predicted molar refractivity (Wildman–Crippen MR) is 133 cm³/mol. The number of carbonyl (C=O) groups excluding carboxylic acids is 2. The summed E-state index contributed by atoms with van der Waals surface area (Å²) in [6.07, 6.45) is 2.18. The number of benzene rings is 2. The molecule has 33 heavy (non-hydrogen) atoms. The zero-order valence-corrected chi connectivity index (χ0v) is 21.1. The van der Waals surface area contributed by atoms with Gasteiger partial charge in [0.15, 0.2) is 0 Å². The first-order valence-electron chi connectivity index (χ1n) is 10.9. The highest BCUT2D eigenvalue weighted by Gasteiger charge is 2.32. The van der Waals surface area contributed by atoms with Crippen molar-refractivity contribution in [3.05, 3.63) is 64.7 Å². The van der Waals surface area contributed by atoms with Gasteiger partial charge < -0.3 is 10.2 Å². The van der Waals surface area contributed by atoms with Crippen LogP contribution in [0.5, 0.6) is 0 Å². The van der Waals surface area contributed by atoms with Gasteiger partial charge in [0.25, 0.3) is 0 Å². The van der Waals surface area contributed by atoms with Crippen LogP contribution in [-0.2, 0) is 26.2 Å². The first-order valence-corrected chi connectivity index (χ1v) is 13.2. The lowest BCUT2D eigenvalue weighted by molar-refractivity contribution is -0.140. The average Bonchev–Trinajstić information content (AvgIpc) is 2.76. The van der Waals surface area contributed by atoms with E-state index in [4.69, 9.17) is 11.6 Å². The van der Waals surface area contributed by atoms with E-state index in [0.717, 1.165) is 28.1 Å². The molecule has 0 fully saturated rings. The number of hydrogen-bond acceptors (Lipinski definition) is 4. The summed E-state index contributed by atoms with van der Waals surface area (Å²) >= 11 is 6.24. The van der Waals surface area contributed by atoms with Gasteiger partial charge in [-0.25, -0.2) is 8.42 Å². The lowest BCUT2D eigenvalue weighted by Gasteiger charge is -2.33. The van der Waals surface area contributed by atoms with Crippen molar-refractivity contribution < 1.29 is 18.0 Å². The van der Waals surface area contributed by atoms with E-state index in [1.165, 1.54) is 4.90 Å². The normalized spacial score (nSPS) is 12.2. The number of rotatable bonds is 11. The number of hydrogen-bond donors (Lipinski definition) is 1. The molecule has 0 spiro atoms. The van der Waals surface area contributed by atoms with Crippen LogP contribution in [0.15, 0.2) is 48.5 Å². The van der Waals surface area contributed by atoms with E-state index in [1.54, 1.807) is 24.3 Å². The van der Waals surface area contributed by atoms with Crippen molar-refractivity contribution in [1.82, 2.24) is 10.2 Å². The van der Waals surface area contributed by atoms with Crippen molar-refractivity contribution in [2.75, 3.05) is 23.7 Å². The maximum atomic E-state index is 13.6. The monoisotopic (exact) mass is 493 g/mol. The van der Waals surface area contributed by atoms with E-state index in [-0.39, 0.29) is 23.2 Å². The SMILES string of the molecule is CCCNC(=O)[C@H](CC)N(Cc1ccccc1C)C(=O)CN(c1ccccc1Cl)S(C)(=O)=O. The maximum absolute atomic E-state index is 13.6. The molecule has 1 atom stereocenters. The van der Waals surface area contributed by atoms with Crippen LogP contribution in [-0.4, -0.2) is 50.5 Å². The molecule has 0 saturated heterocycles. The highest BCUT2D eigenvalue weighted by atomic mass is 35.5. The summed E-state index contributed by atoms with van der Waals surface area (Å²) < 4.78 is 26.2. The molecule has 180 valence electrons. The van der Waals surface area contributed by atoms with Gasteiger partial charge in [-0.1, -0.05) is 61.8 Å². The molecule has 0 saturated carbocycles. The Balaban J connectivity index is 2.45. The Bertz CT molecular complexity index is 1070. The molecule has 2 rings (SSSR count). The van der Waals surface area contributed by atoms with Crippen molar-refractivity contribution in [2.45, 2.75) is 46.2 Å². The minimum absolute atomic E-state index is 0.184. The number of sulfonamides is 1. The van der Waals surface area contributed by atoms with E-state index in [0.29, 0.717) is 13.0 Å². The fourth-order valence-electron chi connectivity index (χ4n) is 3.51. The van der Waals surface area contributed by atoms with Gasteiger partial charge in [-0.3, -0.25) is 13.9 Å². The number of para-hydroxylation sites is 1. The summed E-state index contributed by atoms with van der Waals surface area (Å²) in [4.78, 5) is 27.9. The summed E-state index contributed by atoms with van der Waals surface area (Å²) in [5, 5.41) is 3.07.